The van der Waals surface area contributed by atoms with Gasteiger partial charge < -0.3 is 10.1 Å². The minimum absolute atomic E-state index is 0.205. The van der Waals surface area contributed by atoms with Crippen LogP contribution in [0.2, 0.25) is 0 Å². The zero-order valence-corrected chi connectivity index (χ0v) is 14.5. The summed E-state index contributed by atoms with van der Waals surface area (Å²) in [5.41, 5.74) is 1.57. The molecule has 0 aliphatic heterocycles. The average Bonchev–Trinajstić information content (AvgIpc) is 3.09. The van der Waals surface area contributed by atoms with Crippen molar-refractivity contribution in [1.29, 1.82) is 0 Å². The molecule has 0 aromatic heterocycles. The SMILES string of the molecule is COc1ccc(S(=O)(=O)Nc2ccc(NC3CCCC3)cc2)cc1. The van der Waals surface area contributed by atoms with E-state index in [4.69, 9.17) is 4.74 Å². The molecule has 0 spiro atoms. The first kappa shape index (κ1) is 16.6. The number of nitrogens with one attached hydrogen (secondary N) is 2. The molecule has 128 valence electrons. The van der Waals surface area contributed by atoms with Gasteiger partial charge in [-0.25, -0.2) is 8.42 Å². The van der Waals surface area contributed by atoms with Crippen LogP contribution < -0.4 is 14.8 Å². The van der Waals surface area contributed by atoms with Crippen molar-refractivity contribution in [3.05, 3.63) is 48.5 Å². The monoisotopic (exact) mass is 346 g/mol. The number of rotatable bonds is 6. The number of hydrogen-bond acceptors (Lipinski definition) is 4. The Kier molecular flexibility index (Phi) is 4.94. The van der Waals surface area contributed by atoms with Crippen molar-refractivity contribution in [3.8, 4) is 5.75 Å². The van der Waals surface area contributed by atoms with E-state index in [2.05, 4.69) is 10.0 Å². The number of anilines is 2. The summed E-state index contributed by atoms with van der Waals surface area (Å²) >= 11 is 0. The van der Waals surface area contributed by atoms with E-state index < -0.39 is 10.0 Å². The fourth-order valence-electron chi connectivity index (χ4n) is 2.91. The Morgan fingerprint density at radius 2 is 1.50 bits per heavy atom. The Morgan fingerprint density at radius 1 is 0.917 bits per heavy atom. The molecule has 2 N–H and O–H groups in total. The van der Waals surface area contributed by atoms with Gasteiger partial charge in [0.1, 0.15) is 5.75 Å². The Hall–Kier alpha value is -2.21. The van der Waals surface area contributed by atoms with Gasteiger partial charge in [0, 0.05) is 17.4 Å². The molecule has 1 aliphatic rings. The summed E-state index contributed by atoms with van der Waals surface area (Å²) in [6.07, 6.45) is 4.95. The zero-order valence-electron chi connectivity index (χ0n) is 13.7. The number of benzene rings is 2. The van der Waals surface area contributed by atoms with Crippen molar-refractivity contribution in [2.24, 2.45) is 0 Å². The molecule has 0 heterocycles. The van der Waals surface area contributed by atoms with Gasteiger partial charge in [-0.2, -0.15) is 0 Å². The third-order valence-corrected chi connectivity index (χ3v) is 5.63. The second kappa shape index (κ2) is 7.13. The second-order valence-electron chi connectivity index (χ2n) is 5.98. The third-order valence-electron chi connectivity index (χ3n) is 4.23. The second-order valence-corrected chi connectivity index (χ2v) is 7.67. The molecule has 5 nitrogen and oxygen atoms in total. The highest BCUT2D eigenvalue weighted by atomic mass is 32.2. The molecule has 0 atom stereocenters. The maximum Gasteiger partial charge on any atom is 0.261 e. The summed E-state index contributed by atoms with van der Waals surface area (Å²) in [5, 5.41) is 3.48. The molecule has 0 unspecified atom stereocenters. The summed E-state index contributed by atoms with van der Waals surface area (Å²) in [6.45, 7) is 0. The molecule has 1 aliphatic carbocycles. The van der Waals surface area contributed by atoms with Gasteiger partial charge in [0.2, 0.25) is 0 Å². The van der Waals surface area contributed by atoms with E-state index in [-0.39, 0.29) is 4.90 Å². The predicted molar refractivity (Wildman–Crippen MR) is 96.1 cm³/mol. The van der Waals surface area contributed by atoms with Crippen LogP contribution >= 0.6 is 0 Å². The quantitative estimate of drug-likeness (QED) is 0.834. The third kappa shape index (κ3) is 4.00. The molecular weight excluding hydrogens is 324 g/mol. The molecule has 6 heteroatoms. The Balaban J connectivity index is 1.67. The minimum atomic E-state index is -3.60. The molecule has 0 amide bonds. The molecular formula is C18H22N2O3S. The lowest BCUT2D eigenvalue weighted by atomic mass is 10.2. The zero-order chi connectivity index (χ0) is 17.0. The lowest BCUT2D eigenvalue weighted by Crippen LogP contribution is -2.15. The molecule has 24 heavy (non-hydrogen) atoms. The molecule has 3 rings (SSSR count). The van der Waals surface area contributed by atoms with Gasteiger partial charge in [0.25, 0.3) is 10.0 Å². The van der Waals surface area contributed by atoms with Crippen molar-refractivity contribution >= 4 is 21.4 Å². The normalized spacial score (nSPS) is 15.2. The van der Waals surface area contributed by atoms with Gasteiger partial charge >= 0.3 is 0 Å². The number of ether oxygens (including phenoxy) is 1. The maximum atomic E-state index is 12.4. The Bertz CT molecular complexity index is 765. The lowest BCUT2D eigenvalue weighted by Gasteiger charge is -2.14. The molecule has 0 bridgehead atoms. The minimum Gasteiger partial charge on any atom is -0.497 e. The number of hydrogen-bond donors (Lipinski definition) is 2. The first-order valence-electron chi connectivity index (χ1n) is 8.10. The van der Waals surface area contributed by atoms with Gasteiger partial charge in [-0.05, 0) is 61.4 Å². The van der Waals surface area contributed by atoms with Gasteiger partial charge in [-0.15, -0.1) is 0 Å². The van der Waals surface area contributed by atoms with Crippen LogP contribution in [-0.4, -0.2) is 21.6 Å². The van der Waals surface area contributed by atoms with E-state index in [1.165, 1.54) is 37.8 Å². The van der Waals surface area contributed by atoms with Gasteiger partial charge in [-0.3, -0.25) is 4.72 Å². The smallest absolute Gasteiger partial charge is 0.261 e. The van der Waals surface area contributed by atoms with E-state index in [0.29, 0.717) is 17.5 Å². The van der Waals surface area contributed by atoms with E-state index in [9.17, 15) is 8.42 Å². The molecule has 2 aromatic rings. The lowest BCUT2D eigenvalue weighted by molar-refractivity contribution is 0.414. The van der Waals surface area contributed by atoms with Gasteiger partial charge in [0.05, 0.1) is 12.0 Å². The van der Waals surface area contributed by atoms with E-state index in [1.807, 2.05) is 12.1 Å². The van der Waals surface area contributed by atoms with Crippen LogP contribution in [0.3, 0.4) is 0 Å². The topological polar surface area (TPSA) is 67.4 Å². The number of sulfonamides is 1. The fourth-order valence-corrected chi connectivity index (χ4v) is 3.97. The molecule has 0 radical (unpaired) electrons. The highest BCUT2D eigenvalue weighted by Gasteiger charge is 2.16. The van der Waals surface area contributed by atoms with Crippen molar-refractivity contribution in [3.63, 3.8) is 0 Å². The maximum absolute atomic E-state index is 12.4. The van der Waals surface area contributed by atoms with Crippen LogP contribution in [0.1, 0.15) is 25.7 Å². The molecule has 1 saturated carbocycles. The Labute approximate surface area is 143 Å². The van der Waals surface area contributed by atoms with E-state index in [0.717, 1.165) is 5.69 Å². The largest absolute Gasteiger partial charge is 0.497 e. The van der Waals surface area contributed by atoms with Crippen molar-refractivity contribution in [2.75, 3.05) is 17.1 Å². The van der Waals surface area contributed by atoms with Crippen molar-refractivity contribution < 1.29 is 13.2 Å². The van der Waals surface area contributed by atoms with E-state index >= 15 is 0 Å². The van der Waals surface area contributed by atoms with Crippen LogP contribution in [0.5, 0.6) is 5.75 Å². The van der Waals surface area contributed by atoms with E-state index in [1.54, 1.807) is 31.4 Å². The number of methoxy groups -OCH3 is 1. The molecule has 0 saturated heterocycles. The van der Waals surface area contributed by atoms with Crippen LogP contribution in [0.15, 0.2) is 53.4 Å². The summed E-state index contributed by atoms with van der Waals surface area (Å²) in [5.74, 6) is 0.622. The van der Waals surface area contributed by atoms with Crippen molar-refractivity contribution in [2.45, 2.75) is 36.6 Å². The van der Waals surface area contributed by atoms with Crippen molar-refractivity contribution in [1.82, 2.24) is 0 Å². The van der Waals surface area contributed by atoms with Crippen LogP contribution in [-0.2, 0) is 10.0 Å². The summed E-state index contributed by atoms with van der Waals surface area (Å²) in [4.78, 5) is 0.205. The first-order valence-corrected chi connectivity index (χ1v) is 9.59. The summed E-state index contributed by atoms with van der Waals surface area (Å²) in [6, 6.07) is 14.2. The van der Waals surface area contributed by atoms with Gasteiger partial charge in [-0.1, -0.05) is 12.8 Å². The molecule has 2 aromatic carbocycles. The molecule has 1 fully saturated rings. The standard InChI is InChI=1S/C18H22N2O3S/c1-23-17-10-12-18(13-11-17)24(21,22)20-16-8-6-15(7-9-16)19-14-4-2-3-5-14/h6-14,19-20H,2-5H2,1H3. The average molecular weight is 346 g/mol. The van der Waals surface area contributed by atoms with Gasteiger partial charge in [0.15, 0.2) is 0 Å². The highest BCUT2D eigenvalue weighted by molar-refractivity contribution is 7.92. The highest BCUT2D eigenvalue weighted by Crippen LogP contribution is 2.24. The Morgan fingerprint density at radius 3 is 2.08 bits per heavy atom. The van der Waals surface area contributed by atoms with Crippen LogP contribution in [0.25, 0.3) is 0 Å². The predicted octanol–water partition coefficient (Wildman–Crippen LogP) is 3.85. The van der Waals surface area contributed by atoms with Crippen LogP contribution in [0.4, 0.5) is 11.4 Å². The summed E-state index contributed by atoms with van der Waals surface area (Å²) < 4.78 is 32.4. The van der Waals surface area contributed by atoms with Crippen LogP contribution in [0, 0.1) is 0 Å². The summed E-state index contributed by atoms with van der Waals surface area (Å²) in [7, 11) is -2.05. The first-order chi connectivity index (χ1) is 11.6. The fraction of sp³-hybridized carbons (Fsp3) is 0.333.